The smallest absolute Gasteiger partial charge is 0.293 e. The highest BCUT2D eigenvalue weighted by Gasteiger charge is 2.41. The van der Waals surface area contributed by atoms with E-state index >= 15 is 0 Å². The lowest BCUT2D eigenvalue weighted by molar-refractivity contribution is -0.384. The van der Waals surface area contributed by atoms with Crippen molar-refractivity contribution < 1.29 is 32.3 Å². The second-order valence-electron chi connectivity index (χ2n) is 16.5. The van der Waals surface area contributed by atoms with Gasteiger partial charge in [-0.2, -0.15) is 0 Å². The number of para-hydroxylation sites is 1. The monoisotopic (exact) mass is 881 g/mol. The Morgan fingerprint density at radius 1 is 1.03 bits per heavy atom. The molecule has 324 valence electrons. The zero-order valence-electron chi connectivity index (χ0n) is 34.1. The Morgan fingerprint density at radius 2 is 1.85 bits per heavy atom. The average Bonchev–Trinajstić information content (AvgIpc) is 3.74. The number of nitro benzene ring substituents is 1. The number of hydrogen-bond acceptors (Lipinski definition) is 12. The third-order valence-electron chi connectivity index (χ3n) is 12.6. The van der Waals surface area contributed by atoms with E-state index in [1.807, 2.05) is 24.3 Å². The molecule has 62 heavy (non-hydrogen) atoms. The number of halogens is 1. The van der Waals surface area contributed by atoms with Crippen LogP contribution in [0.15, 0.2) is 95.7 Å². The number of fused-ring (bicyclic) bond motifs is 1. The molecule has 2 aromatic heterocycles. The van der Waals surface area contributed by atoms with Crippen molar-refractivity contribution in [1.29, 1.82) is 0 Å². The molecular weight excluding hydrogens is 834 g/mol. The van der Waals surface area contributed by atoms with Crippen LogP contribution in [0.25, 0.3) is 16.6 Å². The Balaban J connectivity index is 0.955. The van der Waals surface area contributed by atoms with E-state index in [4.69, 9.17) is 25.8 Å². The number of nitrogens with one attached hydrogen (secondary N) is 3. The molecule has 1 spiro atoms. The highest BCUT2D eigenvalue weighted by molar-refractivity contribution is 7.90. The third-order valence-corrected chi connectivity index (χ3v) is 14.2. The number of rotatable bonds is 13. The van der Waals surface area contributed by atoms with E-state index < -0.39 is 31.4 Å². The molecule has 5 aromatic rings. The number of sulfonamides is 1. The van der Waals surface area contributed by atoms with Gasteiger partial charge in [-0.15, -0.1) is 0 Å². The Bertz CT molecular complexity index is 2620. The maximum atomic E-state index is 14.1. The molecule has 0 bridgehead atoms. The molecule has 3 fully saturated rings. The summed E-state index contributed by atoms with van der Waals surface area (Å²) in [6.07, 6.45) is 10.3. The van der Waals surface area contributed by atoms with Crippen molar-refractivity contribution in [3.63, 3.8) is 0 Å². The molecule has 15 nitrogen and oxygen atoms in total. The van der Waals surface area contributed by atoms with Gasteiger partial charge in [0.05, 0.1) is 53.2 Å². The highest BCUT2D eigenvalue weighted by atomic mass is 35.5. The molecule has 17 heteroatoms. The van der Waals surface area contributed by atoms with Crippen molar-refractivity contribution >= 4 is 61.2 Å². The van der Waals surface area contributed by atoms with Crippen molar-refractivity contribution in [3.05, 3.63) is 117 Å². The highest BCUT2D eigenvalue weighted by Crippen LogP contribution is 2.55. The van der Waals surface area contributed by atoms with E-state index in [0.717, 1.165) is 49.0 Å². The van der Waals surface area contributed by atoms with Gasteiger partial charge in [-0.25, -0.2) is 18.1 Å². The van der Waals surface area contributed by atoms with Gasteiger partial charge in [0.2, 0.25) is 0 Å². The number of pyridine rings is 1. The molecule has 1 saturated carbocycles. The van der Waals surface area contributed by atoms with Crippen LogP contribution in [-0.4, -0.2) is 99.3 Å². The fourth-order valence-corrected chi connectivity index (χ4v) is 10.2. The van der Waals surface area contributed by atoms with Gasteiger partial charge in [0.15, 0.2) is 5.75 Å². The Morgan fingerprint density at radius 3 is 2.60 bits per heavy atom. The van der Waals surface area contributed by atoms with Crippen LogP contribution in [0.2, 0.25) is 5.02 Å². The third kappa shape index (κ3) is 9.01. The van der Waals surface area contributed by atoms with Crippen molar-refractivity contribution in [2.75, 3.05) is 69.3 Å². The summed E-state index contributed by atoms with van der Waals surface area (Å²) in [6.45, 7) is 5.06. The zero-order valence-corrected chi connectivity index (χ0v) is 35.7. The standard InChI is InChI=1S/C45H48ClN7O8S/c46-33-7-5-30(6-8-33)38-25-45(13-2-14-45)15-11-32(38)28-51-17-19-52(20-18-51)40-4-1-3-37(42(40)61-34-23-31-12-16-47-43(31)49-26-34)44(54)50-62(57,58)36-9-10-39(41(24-36)53(55)56)48-27-35-29-59-21-22-60-35/h1,3-10,12,16,23-24,26,35,48H,2,11,13-15,17-22,25,27-29H2,(H,47,49)(H,50,54)/t35-/m0/s1. The summed E-state index contributed by atoms with van der Waals surface area (Å²) >= 11 is 6.28. The summed E-state index contributed by atoms with van der Waals surface area (Å²) in [5.41, 5.74) is 5.49. The van der Waals surface area contributed by atoms with Crippen molar-refractivity contribution in [1.82, 2.24) is 19.6 Å². The minimum Gasteiger partial charge on any atom is -0.453 e. The fourth-order valence-electron chi connectivity index (χ4n) is 9.05. The van der Waals surface area contributed by atoms with Crippen LogP contribution in [0.5, 0.6) is 11.5 Å². The summed E-state index contributed by atoms with van der Waals surface area (Å²) in [5, 5.41) is 16.6. The predicted molar refractivity (Wildman–Crippen MR) is 237 cm³/mol. The number of carbonyl (C=O) groups excluding carboxylic acids is 1. The quantitative estimate of drug-likeness (QED) is 0.0773. The zero-order chi connectivity index (χ0) is 42.8. The normalized spacial score (nSPS) is 19.3. The molecule has 9 rings (SSSR count). The Labute approximate surface area is 364 Å². The number of aromatic nitrogens is 2. The molecule has 0 unspecified atom stereocenters. The van der Waals surface area contributed by atoms with Gasteiger partial charge in [0, 0.05) is 61.9 Å². The molecule has 4 heterocycles. The molecular formula is C45H48ClN7O8S. The predicted octanol–water partition coefficient (Wildman–Crippen LogP) is 7.79. The lowest BCUT2D eigenvalue weighted by Crippen LogP contribution is -2.47. The van der Waals surface area contributed by atoms with Crippen molar-refractivity contribution in [2.45, 2.75) is 49.5 Å². The van der Waals surface area contributed by atoms with Gasteiger partial charge < -0.3 is 29.4 Å². The fraction of sp³-hybridized carbons (Fsp3) is 0.378. The first-order chi connectivity index (χ1) is 30.0. The van der Waals surface area contributed by atoms with Crippen LogP contribution in [0.4, 0.5) is 17.1 Å². The van der Waals surface area contributed by atoms with E-state index in [9.17, 15) is 23.3 Å². The largest absolute Gasteiger partial charge is 0.453 e. The van der Waals surface area contributed by atoms with E-state index in [0.29, 0.717) is 55.4 Å². The van der Waals surface area contributed by atoms with Gasteiger partial charge >= 0.3 is 0 Å². The SMILES string of the molecule is O=C(NS(=O)(=O)c1ccc(NC[C@H]2COCCO2)c([N+](=O)[O-])c1)c1cccc(N2CCN(CC3=C(c4ccc(Cl)cc4)CC4(CCC4)CC3)CC2)c1Oc1cnc2[nH]ccc2c1. The lowest BCUT2D eigenvalue weighted by atomic mass is 9.59. The van der Waals surface area contributed by atoms with Crippen LogP contribution < -0.4 is 19.7 Å². The van der Waals surface area contributed by atoms with E-state index in [1.54, 1.807) is 18.3 Å². The number of carbonyl (C=O) groups is 1. The van der Waals surface area contributed by atoms with Crippen molar-refractivity contribution in [3.8, 4) is 11.5 Å². The number of H-pyrrole nitrogens is 1. The summed E-state index contributed by atoms with van der Waals surface area (Å²) in [7, 11) is -4.60. The minimum atomic E-state index is -4.60. The van der Waals surface area contributed by atoms with Crippen LogP contribution in [0, 0.1) is 15.5 Å². The molecule has 1 atom stereocenters. The van der Waals surface area contributed by atoms with Crippen LogP contribution in [-0.2, 0) is 19.5 Å². The van der Waals surface area contributed by atoms with Gasteiger partial charge in [-0.3, -0.25) is 19.8 Å². The molecule has 3 N–H and O–H groups in total. The maximum absolute atomic E-state index is 14.1. The van der Waals surface area contributed by atoms with Gasteiger partial charge in [-0.1, -0.05) is 41.8 Å². The number of amides is 1. The number of anilines is 2. The Kier molecular flexibility index (Phi) is 11.9. The van der Waals surface area contributed by atoms with Crippen LogP contribution in [0.3, 0.4) is 0 Å². The molecule has 4 aliphatic rings. The topological polar surface area (TPSA) is 181 Å². The average molecular weight is 882 g/mol. The van der Waals surface area contributed by atoms with Gasteiger partial charge in [0.1, 0.15) is 17.1 Å². The summed E-state index contributed by atoms with van der Waals surface area (Å²) in [4.78, 5) is 37.2. The molecule has 3 aromatic carbocycles. The summed E-state index contributed by atoms with van der Waals surface area (Å²) in [5.74, 6) is -0.443. The molecule has 2 aliphatic carbocycles. The molecule has 2 aliphatic heterocycles. The van der Waals surface area contributed by atoms with Gasteiger partial charge in [0.25, 0.3) is 21.6 Å². The number of allylic oxidation sites excluding steroid dienone is 1. The summed E-state index contributed by atoms with van der Waals surface area (Å²) < 4.78 is 47.2. The van der Waals surface area contributed by atoms with E-state index in [-0.39, 0.29) is 29.6 Å². The first-order valence-electron chi connectivity index (χ1n) is 21.0. The van der Waals surface area contributed by atoms with Crippen molar-refractivity contribution in [2.24, 2.45) is 5.41 Å². The van der Waals surface area contributed by atoms with Crippen LogP contribution in [0.1, 0.15) is 54.4 Å². The number of benzene rings is 3. The number of nitrogens with zero attached hydrogens (tertiary/aromatic N) is 4. The molecule has 0 radical (unpaired) electrons. The van der Waals surface area contributed by atoms with Gasteiger partial charge in [-0.05, 0) is 97.2 Å². The summed E-state index contributed by atoms with van der Waals surface area (Å²) in [6, 6.07) is 20.4. The second kappa shape index (κ2) is 17.7. The van der Waals surface area contributed by atoms with Crippen LogP contribution >= 0.6 is 11.6 Å². The number of hydrogen-bond donors (Lipinski definition) is 3. The number of nitro groups is 1. The second-order valence-corrected chi connectivity index (χ2v) is 18.7. The first kappa shape index (κ1) is 41.8. The number of aromatic amines is 1. The van der Waals surface area contributed by atoms with E-state index in [1.165, 1.54) is 66.8 Å². The Hall–Kier alpha value is -5.52. The number of piperazine rings is 1. The molecule has 2 saturated heterocycles. The van der Waals surface area contributed by atoms with E-state index in [2.05, 4.69) is 41.9 Å². The minimum absolute atomic E-state index is 0.0324. The molecule has 1 amide bonds. The maximum Gasteiger partial charge on any atom is 0.293 e. The first-order valence-corrected chi connectivity index (χ1v) is 22.9. The lowest BCUT2D eigenvalue weighted by Gasteiger charge is -2.47. The number of ether oxygens (including phenoxy) is 3.